The molecule has 1 amide bonds. The predicted molar refractivity (Wildman–Crippen MR) is 60.7 cm³/mol. The summed E-state index contributed by atoms with van der Waals surface area (Å²) < 4.78 is 39.5. The summed E-state index contributed by atoms with van der Waals surface area (Å²) in [5, 5.41) is 0. The maximum Gasteiger partial charge on any atom is 0.413 e. The van der Waals surface area contributed by atoms with Gasteiger partial charge in [0.1, 0.15) is 0 Å². The highest BCUT2D eigenvalue weighted by atomic mass is 19.4. The van der Waals surface area contributed by atoms with Gasteiger partial charge in [0, 0.05) is 24.7 Å². The summed E-state index contributed by atoms with van der Waals surface area (Å²) in [6.45, 7) is 1.21. The summed E-state index contributed by atoms with van der Waals surface area (Å²) in [6, 6.07) is 2.76. The third-order valence-electron chi connectivity index (χ3n) is 3.15. The van der Waals surface area contributed by atoms with Crippen molar-refractivity contribution in [3.05, 3.63) is 29.3 Å². The first-order valence-electron chi connectivity index (χ1n) is 5.53. The summed E-state index contributed by atoms with van der Waals surface area (Å²) in [6.07, 6.45) is -4.12. The number of rotatable bonds is 0. The number of hydrogen-bond acceptors (Lipinski definition) is 2. The average Bonchev–Trinajstić information content (AvgIpc) is 2.26. The first-order valence-corrected chi connectivity index (χ1v) is 5.53. The van der Waals surface area contributed by atoms with Crippen molar-refractivity contribution < 1.29 is 18.0 Å². The number of amides is 1. The number of alkyl halides is 3. The second-order valence-electron chi connectivity index (χ2n) is 4.33. The molecular weight excluding hydrogens is 245 g/mol. The molecule has 0 aromatic heterocycles. The highest BCUT2D eigenvalue weighted by molar-refractivity contribution is 5.75. The van der Waals surface area contributed by atoms with Crippen LogP contribution in [0, 0.1) is 0 Å². The molecular formula is C12H13F3N2O. The molecule has 0 radical (unpaired) electrons. The Morgan fingerprint density at radius 2 is 2.11 bits per heavy atom. The number of benzene rings is 1. The Balaban J connectivity index is 2.59. The van der Waals surface area contributed by atoms with Crippen LogP contribution in [-0.2, 0) is 11.2 Å². The van der Waals surface area contributed by atoms with E-state index in [2.05, 4.69) is 0 Å². The minimum absolute atomic E-state index is 0.0199. The fraction of sp³-hybridized carbons (Fsp3) is 0.417. The van der Waals surface area contributed by atoms with E-state index < -0.39 is 18.1 Å². The fourth-order valence-electron chi connectivity index (χ4n) is 2.39. The summed E-state index contributed by atoms with van der Waals surface area (Å²) in [5.41, 5.74) is 6.32. The molecule has 6 heteroatoms. The molecule has 3 nitrogen and oxygen atoms in total. The smallest absolute Gasteiger partial charge is 0.398 e. The van der Waals surface area contributed by atoms with E-state index in [1.165, 1.54) is 6.07 Å². The van der Waals surface area contributed by atoms with Gasteiger partial charge in [-0.05, 0) is 18.1 Å². The van der Waals surface area contributed by atoms with Gasteiger partial charge < -0.3 is 10.6 Å². The van der Waals surface area contributed by atoms with Crippen molar-refractivity contribution in [1.29, 1.82) is 0 Å². The zero-order chi connectivity index (χ0) is 13.5. The Hall–Kier alpha value is -1.72. The van der Waals surface area contributed by atoms with Crippen molar-refractivity contribution in [2.45, 2.75) is 25.6 Å². The maximum absolute atomic E-state index is 13.2. The molecule has 2 N–H and O–H groups in total. The second-order valence-corrected chi connectivity index (χ2v) is 4.33. The van der Waals surface area contributed by atoms with E-state index in [-0.39, 0.29) is 17.8 Å². The third kappa shape index (κ3) is 2.02. The summed E-state index contributed by atoms with van der Waals surface area (Å²) in [5.74, 6) is -0.591. The van der Waals surface area contributed by atoms with Gasteiger partial charge in [-0.2, -0.15) is 13.2 Å². The Labute approximate surface area is 102 Å². The van der Waals surface area contributed by atoms with Crippen LogP contribution in [-0.4, -0.2) is 23.5 Å². The minimum atomic E-state index is -4.52. The molecule has 0 saturated heterocycles. The lowest BCUT2D eigenvalue weighted by molar-refractivity contribution is -0.193. The number of nitrogens with zero attached hydrogens (tertiary/aromatic N) is 1. The number of nitrogen functional groups attached to an aromatic ring is 1. The van der Waals surface area contributed by atoms with Crippen LogP contribution in [0.3, 0.4) is 0 Å². The molecule has 1 aromatic rings. The van der Waals surface area contributed by atoms with Crippen molar-refractivity contribution in [2.24, 2.45) is 0 Å². The average molecular weight is 258 g/mol. The van der Waals surface area contributed by atoms with Gasteiger partial charge in [0.25, 0.3) is 0 Å². The normalized spacial score (nSPS) is 19.6. The molecule has 98 valence electrons. The summed E-state index contributed by atoms with van der Waals surface area (Å²) in [7, 11) is 0. The van der Waals surface area contributed by atoms with Crippen LogP contribution in [0.25, 0.3) is 0 Å². The molecule has 0 saturated carbocycles. The Morgan fingerprint density at radius 1 is 1.44 bits per heavy atom. The van der Waals surface area contributed by atoms with E-state index in [1.807, 2.05) is 0 Å². The lowest BCUT2D eigenvalue weighted by atomic mass is 9.90. The molecule has 18 heavy (non-hydrogen) atoms. The van der Waals surface area contributed by atoms with Crippen molar-refractivity contribution in [1.82, 2.24) is 4.90 Å². The van der Waals surface area contributed by atoms with Crippen LogP contribution in [0.4, 0.5) is 18.9 Å². The van der Waals surface area contributed by atoms with Crippen molar-refractivity contribution in [2.75, 3.05) is 12.3 Å². The van der Waals surface area contributed by atoms with Crippen molar-refractivity contribution in [3.63, 3.8) is 0 Å². The van der Waals surface area contributed by atoms with Gasteiger partial charge in [-0.3, -0.25) is 4.79 Å². The van der Waals surface area contributed by atoms with Gasteiger partial charge in [-0.15, -0.1) is 0 Å². The number of halogens is 3. The van der Waals surface area contributed by atoms with Gasteiger partial charge in [-0.1, -0.05) is 12.1 Å². The number of hydrogen-bond donors (Lipinski definition) is 1. The second kappa shape index (κ2) is 4.19. The van der Waals surface area contributed by atoms with Crippen LogP contribution in [0.1, 0.15) is 24.1 Å². The molecule has 1 unspecified atom stereocenters. The zero-order valence-corrected chi connectivity index (χ0v) is 9.79. The maximum atomic E-state index is 13.2. The molecule has 1 aliphatic rings. The molecule has 1 heterocycles. The molecule has 0 aliphatic carbocycles. The quantitative estimate of drug-likeness (QED) is 0.726. The van der Waals surface area contributed by atoms with Crippen LogP contribution in [0.15, 0.2) is 18.2 Å². The van der Waals surface area contributed by atoms with Gasteiger partial charge in [0.15, 0.2) is 6.04 Å². The van der Waals surface area contributed by atoms with E-state index in [9.17, 15) is 18.0 Å². The lowest BCUT2D eigenvalue weighted by Gasteiger charge is -2.38. The largest absolute Gasteiger partial charge is 0.413 e. The van der Waals surface area contributed by atoms with Gasteiger partial charge in [0.2, 0.25) is 5.91 Å². The summed E-state index contributed by atoms with van der Waals surface area (Å²) >= 11 is 0. The van der Waals surface area contributed by atoms with Crippen molar-refractivity contribution >= 4 is 11.6 Å². The topological polar surface area (TPSA) is 46.3 Å². The molecule has 1 aromatic carbocycles. The van der Waals surface area contributed by atoms with Crippen LogP contribution in [0.5, 0.6) is 0 Å². The summed E-state index contributed by atoms with van der Waals surface area (Å²) in [4.78, 5) is 12.2. The molecule has 2 rings (SSSR count). The fourth-order valence-corrected chi connectivity index (χ4v) is 2.39. The number of carbonyl (C=O) groups excluding carboxylic acids is 1. The Kier molecular flexibility index (Phi) is 2.96. The molecule has 1 aliphatic heterocycles. The van der Waals surface area contributed by atoms with E-state index in [0.29, 0.717) is 12.0 Å². The van der Waals surface area contributed by atoms with Crippen LogP contribution < -0.4 is 5.73 Å². The SMILES string of the molecule is CC(=O)N1CCc2cccc(N)c2C1C(F)(F)F. The van der Waals surface area contributed by atoms with E-state index in [0.717, 1.165) is 11.8 Å². The first kappa shape index (κ1) is 12.7. The first-order chi connectivity index (χ1) is 8.32. The minimum Gasteiger partial charge on any atom is -0.398 e. The standard InChI is InChI=1S/C12H13F3N2O/c1-7(18)17-6-5-8-3-2-4-9(16)10(8)11(17)12(13,14)15/h2-4,11H,5-6,16H2,1H3. The zero-order valence-electron chi connectivity index (χ0n) is 9.79. The van der Waals surface area contributed by atoms with E-state index in [4.69, 9.17) is 5.73 Å². The van der Waals surface area contributed by atoms with Gasteiger partial charge >= 0.3 is 6.18 Å². The highest BCUT2D eigenvalue weighted by Gasteiger charge is 2.49. The molecule has 0 fully saturated rings. The van der Waals surface area contributed by atoms with E-state index >= 15 is 0 Å². The number of nitrogens with two attached hydrogens (primary N) is 1. The molecule has 0 spiro atoms. The lowest BCUT2D eigenvalue weighted by Crippen LogP contribution is -2.45. The molecule has 1 atom stereocenters. The van der Waals surface area contributed by atoms with Crippen LogP contribution in [0.2, 0.25) is 0 Å². The van der Waals surface area contributed by atoms with E-state index in [1.54, 1.807) is 12.1 Å². The third-order valence-corrected chi connectivity index (χ3v) is 3.15. The number of fused-ring (bicyclic) bond motifs is 1. The monoisotopic (exact) mass is 258 g/mol. The van der Waals surface area contributed by atoms with Gasteiger partial charge in [-0.25, -0.2) is 0 Å². The van der Waals surface area contributed by atoms with Crippen molar-refractivity contribution in [3.8, 4) is 0 Å². The predicted octanol–water partition coefficient (Wildman–Crippen LogP) is 2.28. The Morgan fingerprint density at radius 3 is 2.67 bits per heavy atom. The van der Waals surface area contributed by atoms with Crippen LogP contribution >= 0.6 is 0 Å². The number of anilines is 1. The highest BCUT2D eigenvalue weighted by Crippen LogP contribution is 2.44. The van der Waals surface area contributed by atoms with Gasteiger partial charge in [0.05, 0.1) is 0 Å². The molecule has 0 bridgehead atoms. The number of carbonyl (C=O) groups is 1. The Bertz CT molecular complexity index is 485.